The van der Waals surface area contributed by atoms with E-state index in [1.165, 1.54) is 44.3 Å². The Balaban J connectivity index is 1.59. The Morgan fingerprint density at radius 1 is 0.781 bits per heavy atom. The van der Waals surface area contributed by atoms with Crippen molar-refractivity contribution in [2.75, 3.05) is 0 Å². The minimum Gasteiger partial charge on any atom is -0.433 e. The molecule has 7 aromatic rings. The van der Waals surface area contributed by atoms with Crippen molar-refractivity contribution in [2.24, 2.45) is 7.05 Å². The zero-order valence-electron chi connectivity index (χ0n) is 18.1. The van der Waals surface area contributed by atoms with Gasteiger partial charge in [-0.05, 0) is 77.2 Å². The van der Waals surface area contributed by atoms with Crippen LogP contribution >= 0.6 is 0 Å². The fourth-order valence-electron chi connectivity index (χ4n) is 5.18. The summed E-state index contributed by atoms with van der Waals surface area (Å²) in [5, 5.41) is 6.95. The molecule has 0 bridgehead atoms. The molecule has 3 heterocycles. The summed E-state index contributed by atoms with van der Waals surface area (Å²) in [5.41, 5.74) is 5.78. The summed E-state index contributed by atoms with van der Waals surface area (Å²) in [6.45, 7) is 4.35. The average Bonchev–Trinajstić information content (AvgIpc) is 3.44. The third kappa shape index (κ3) is 2.19. The molecule has 0 saturated carbocycles. The van der Waals surface area contributed by atoms with Gasteiger partial charge >= 0.3 is 0 Å². The van der Waals surface area contributed by atoms with E-state index in [1.54, 1.807) is 6.26 Å². The standard InChI is InChI=1S/C28H21N2O2/c1-16-6-4-5-7-24(16)30-17(2)29(3)27-22-13-20-15-26-23(21-10-11-31-28(21)32-26)14-19(20)12-18(22)8-9-25(27)30/h4-15H,1-3H3/q+1. The van der Waals surface area contributed by atoms with Crippen molar-refractivity contribution in [3.8, 4) is 5.69 Å². The first-order valence-electron chi connectivity index (χ1n) is 10.8. The van der Waals surface area contributed by atoms with Gasteiger partial charge in [-0.2, -0.15) is 4.57 Å². The van der Waals surface area contributed by atoms with E-state index in [1.807, 2.05) is 6.07 Å². The van der Waals surface area contributed by atoms with Gasteiger partial charge in [-0.1, -0.05) is 18.2 Å². The van der Waals surface area contributed by atoms with Crippen LogP contribution in [0.15, 0.2) is 81.8 Å². The van der Waals surface area contributed by atoms with E-state index >= 15 is 0 Å². The SMILES string of the molecule is Cc1ccccc1-n1c(C)[n+](C)c2c3cc4cc5oc6occc6c5cc4cc3ccc21. The van der Waals surface area contributed by atoms with Crippen LogP contribution in [0.3, 0.4) is 0 Å². The van der Waals surface area contributed by atoms with Gasteiger partial charge in [0.25, 0.3) is 11.6 Å². The normalized spacial score (nSPS) is 12.2. The Morgan fingerprint density at radius 3 is 2.47 bits per heavy atom. The fraction of sp³-hybridized carbons (Fsp3) is 0.107. The molecule has 7 rings (SSSR count). The number of fused-ring (bicyclic) bond motifs is 7. The molecule has 0 aliphatic heterocycles. The molecule has 4 nitrogen and oxygen atoms in total. The lowest BCUT2D eigenvalue weighted by atomic mass is 10.0. The van der Waals surface area contributed by atoms with E-state index in [0.717, 1.165) is 21.7 Å². The minimum atomic E-state index is 0.583. The summed E-state index contributed by atoms with van der Waals surface area (Å²) in [4.78, 5) is 0. The summed E-state index contributed by atoms with van der Waals surface area (Å²) in [6, 6.07) is 23.9. The van der Waals surface area contributed by atoms with Crippen LogP contribution in [0.25, 0.3) is 60.4 Å². The second-order valence-electron chi connectivity index (χ2n) is 8.65. The van der Waals surface area contributed by atoms with Crippen LogP contribution in [-0.4, -0.2) is 4.57 Å². The van der Waals surface area contributed by atoms with E-state index < -0.39 is 0 Å². The average molecular weight is 417 g/mol. The van der Waals surface area contributed by atoms with Crippen molar-refractivity contribution in [1.29, 1.82) is 0 Å². The third-order valence-corrected chi connectivity index (χ3v) is 6.89. The molecule has 32 heavy (non-hydrogen) atoms. The topological polar surface area (TPSA) is 35.1 Å². The van der Waals surface area contributed by atoms with Gasteiger partial charge in [0.2, 0.25) is 0 Å². The van der Waals surface area contributed by atoms with Gasteiger partial charge in [0.05, 0.1) is 18.7 Å². The molecule has 0 fully saturated rings. The lowest BCUT2D eigenvalue weighted by Crippen LogP contribution is -2.31. The molecular weight excluding hydrogens is 396 g/mol. The number of rotatable bonds is 1. The lowest BCUT2D eigenvalue weighted by molar-refractivity contribution is -0.651. The second-order valence-corrected chi connectivity index (χ2v) is 8.65. The first kappa shape index (κ1) is 17.6. The molecule has 0 spiro atoms. The van der Waals surface area contributed by atoms with Crippen molar-refractivity contribution in [3.63, 3.8) is 0 Å². The molecule has 0 aliphatic carbocycles. The number of furan rings is 2. The highest BCUT2D eigenvalue weighted by Crippen LogP contribution is 2.36. The summed E-state index contributed by atoms with van der Waals surface area (Å²) in [6.07, 6.45) is 1.68. The number of aromatic nitrogens is 2. The first-order valence-corrected chi connectivity index (χ1v) is 10.8. The summed E-state index contributed by atoms with van der Waals surface area (Å²) in [7, 11) is 2.15. The van der Waals surface area contributed by atoms with E-state index in [4.69, 9.17) is 8.83 Å². The summed E-state index contributed by atoms with van der Waals surface area (Å²) >= 11 is 0. The van der Waals surface area contributed by atoms with E-state index in [2.05, 4.69) is 90.7 Å². The Hall–Kier alpha value is -4.05. The van der Waals surface area contributed by atoms with Crippen LogP contribution in [0.1, 0.15) is 11.4 Å². The maximum absolute atomic E-state index is 5.94. The Kier molecular flexibility index (Phi) is 3.31. The van der Waals surface area contributed by atoms with Crippen molar-refractivity contribution in [1.82, 2.24) is 4.57 Å². The van der Waals surface area contributed by atoms with Gasteiger partial charge in [0, 0.05) is 17.7 Å². The molecule has 0 atom stereocenters. The molecule has 0 amide bonds. The molecule has 0 radical (unpaired) electrons. The second kappa shape index (κ2) is 6.01. The van der Waals surface area contributed by atoms with Crippen LogP contribution in [-0.2, 0) is 7.05 Å². The van der Waals surface area contributed by atoms with Gasteiger partial charge in [-0.3, -0.25) is 0 Å². The Bertz CT molecular complexity index is 1860. The Labute approximate surface area is 183 Å². The van der Waals surface area contributed by atoms with Crippen LogP contribution in [0.4, 0.5) is 0 Å². The third-order valence-electron chi connectivity index (χ3n) is 6.89. The van der Waals surface area contributed by atoms with Crippen molar-refractivity contribution >= 4 is 54.7 Å². The summed E-state index contributed by atoms with van der Waals surface area (Å²) < 4.78 is 16.1. The van der Waals surface area contributed by atoms with Gasteiger partial charge in [-0.25, -0.2) is 4.57 Å². The highest BCUT2D eigenvalue weighted by atomic mass is 16.5. The largest absolute Gasteiger partial charge is 0.433 e. The quantitative estimate of drug-likeness (QED) is 0.216. The number of hydrogen-bond donors (Lipinski definition) is 0. The molecule has 0 saturated heterocycles. The van der Waals surface area contributed by atoms with Gasteiger partial charge in [0.1, 0.15) is 11.3 Å². The number of nitrogens with zero attached hydrogens (tertiary/aromatic N) is 2. The highest BCUT2D eigenvalue weighted by Gasteiger charge is 2.24. The van der Waals surface area contributed by atoms with Crippen LogP contribution in [0.5, 0.6) is 0 Å². The van der Waals surface area contributed by atoms with Crippen molar-refractivity contribution in [2.45, 2.75) is 13.8 Å². The zero-order valence-corrected chi connectivity index (χ0v) is 18.1. The molecule has 0 unspecified atom stereocenters. The van der Waals surface area contributed by atoms with Crippen LogP contribution in [0, 0.1) is 13.8 Å². The maximum atomic E-state index is 5.94. The fourth-order valence-corrected chi connectivity index (χ4v) is 5.18. The number of imidazole rings is 1. The molecule has 154 valence electrons. The van der Waals surface area contributed by atoms with Crippen molar-refractivity contribution in [3.05, 3.63) is 84.4 Å². The predicted molar refractivity (Wildman–Crippen MR) is 128 cm³/mol. The first-order chi connectivity index (χ1) is 15.6. The number of hydrogen-bond acceptors (Lipinski definition) is 2. The number of para-hydroxylation sites is 1. The number of benzene rings is 4. The minimum absolute atomic E-state index is 0.583. The molecule has 3 aromatic heterocycles. The van der Waals surface area contributed by atoms with E-state index in [9.17, 15) is 0 Å². The van der Waals surface area contributed by atoms with Gasteiger partial charge in [-0.15, -0.1) is 0 Å². The molecule has 4 heteroatoms. The highest BCUT2D eigenvalue weighted by molar-refractivity contribution is 6.14. The molecule has 0 aliphatic rings. The monoisotopic (exact) mass is 417 g/mol. The number of aryl methyl sites for hydroxylation is 2. The van der Waals surface area contributed by atoms with E-state index in [-0.39, 0.29) is 0 Å². The molecule has 4 aromatic carbocycles. The zero-order chi connectivity index (χ0) is 21.6. The van der Waals surface area contributed by atoms with Gasteiger partial charge in [0.15, 0.2) is 11.0 Å². The summed E-state index contributed by atoms with van der Waals surface area (Å²) in [5.74, 6) is 1.78. The predicted octanol–water partition coefficient (Wildman–Crippen LogP) is 6.87. The van der Waals surface area contributed by atoms with E-state index in [0.29, 0.717) is 5.78 Å². The maximum Gasteiger partial charge on any atom is 0.298 e. The van der Waals surface area contributed by atoms with Crippen LogP contribution in [0.2, 0.25) is 0 Å². The lowest BCUT2D eigenvalue weighted by Gasteiger charge is -2.05. The Morgan fingerprint density at radius 2 is 1.59 bits per heavy atom. The molecular formula is C28H21N2O2+. The smallest absolute Gasteiger partial charge is 0.298 e. The van der Waals surface area contributed by atoms with Crippen molar-refractivity contribution < 1.29 is 13.4 Å². The van der Waals surface area contributed by atoms with Gasteiger partial charge < -0.3 is 8.83 Å². The van der Waals surface area contributed by atoms with Crippen LogP contribution < -0.4 is 4.57 Å². The molecule has 0 N–H and O–H groups in total.